The molecule has 0 saturated heterocycles. The van der Waals surface area contributed by atoms with Crippen LogP contribution in [0.4, 0.5) is 0 Å². The van der Waals surface area contributed by atoms with E-state index < -0.39 is 0 Å². The molecule has 168 valence electrons. The van der Waals surface area contributed by atoms with E-state index in [2.05, 4.69) is 20.1 Å². The molecule has 12 nitrogen and oxygen atoms in total. The maximum absolute atomic E-state index is 8.09. The maximum atomic E-state index is 8.09. The minimum absolute atomic E-state index is 0.341. The van der Waals surface area contributed by atoms with E-state index in [1.165, 1.54) is 0 Å². The zero-order valence-electron chi connectivity index (χ0n) is 16.9. The monoisotopic (exact) mass is 436 g/mol. The van der Waals surface area contributed by atoms with Gasteiger partial charge in [-0.15, -0.1) is 0 Å². The molecule has 0 aliphatic heterocycles. The minimum Gasteiger partial charge on any atom is -0.379 e. The van der Waals surface area contributed by atoms with Crippen LogP contribution in [-0.4, -0.2) is 104 Å². The Kier molecular flexibility index (Phi) is 25.6. The second kappa shape index (κ2) is 26.7. The summed E-state index contributed by atoms with van der Waals surface area (Å²) in [4.78, 5) is 5.27. The molecule has 0 aromatic carbocycles. The summed E-state index contributed by atoms with van der Waals surface area (Å²) in [6.45, 7) is 7.01. The van der Waals surface area contributed by atoms with Crippen LogP contribution in [-0.2, 0) is 28.4 Å². The Hall–Kier alpha value is -1.27. The van der Waals surface area contributed by atoms with E-state index >= 15 is 0 Å². The van der Waals surface area contributed by atoms with Gasteiger partial charge in [-0.3, -0.25) is 0 Å². The highest BCUT2D eigenvalue weighted by Crippen LogP contribution is 1.99. The Labute approximate surface area is 175 Å². The van der Waals surface area contributed by atoms with Gasteiger partial charge >= 0.3 is 0 Å². The second-order valence-electron chi connectivity index (χ2n) is 5.20. The van der Waals surface area contributed by atoms with E-state index in [4.69, 9.17) is 39.5 Å². The van der Waals surface area contributed by atoms with Gasteiger partial charge in [0.25, 0.3) is 0 Å². The third-order valence-corrected chi connectivity index (χ3v) is 3.94. The lowest BCUT2D eigenvalue weighted by molar-refractivity contribution is 0.0184. The zero-order valence-corrected chi connectivity index (χ0v) is 17.7. The van der Waals surface area contributed by atoms with Crippen molar-refractivity contribution in [2.24, 2.45) is 10.2 Å². The quantitative estimate of drug-likeness (QED) is 0.0974. The summed E-state index contributed by atoms with van der Waals surface area (Å²) in [5, 5.41) is 6.73. The number of ether oxygens (including phenoxy) is 6. The van der Waals surface area contributed by atoms with Gasteiger partial charge in [0.2, 0.25) is 0 Å². The normalized spacial score (nSPS) is 10.5. The standard InChI is InChI=1S/C16H32N6O6S/c17-21-19-1-3-23-5-7-25-9-11-27-13-15-29-16-14-28-12-10-26-8-6-24-4-2-20-22-18/h1-16H2. The van der Waals surface area contributed by atoms with Crippen LogP contribution >= 0.6 is 11.8 Å². The van der Waals surface area contributed by atoms with Crippen LogP contribution in [0.15, 0.2) is 10.2 Å². The summed E-state index contributed by atoms with van der Waals surface area (Å²) in [5.41, 5.74) is 16.2. The van der Waals surface area contributed by atoms with Gasteiger partial charge in [0.05, 0.1) is 79.3 Å². The van der Waals surface area contributed by atoms with Gasteiger partial charge in [-0.25, -0.2) is 0 Å². The van der Waals surface area contributed by atoms with Crippen LogP contribution in [0.25, 0.3) is 20.9 Å². The molecule has 0 bridgehead atoms. The highest BCUT2D eigenvalue weighted by molar-refractivity contribution is 7.99. The fourth-order valence-electron chi connectivity index (χ4n) is 1.72. The first kappa shape index (κ1) is 27.7. The van der Waals surface area contributed by atoms with Crippen molar-refractivity contribution in [3.05, 3.63) is 20.9 Å². The summed E-state index contributed by atoms with van der Waals surface area (Å²) >= 11 is 1.78. The first-order valence-corrected chi connectivity index (χ1v) is 10.6. The molecule has 0 aromatic heterocycles. The van der Waals surface area contributed by atoms with Crippen LogP contribution < -0.4 is 0 Å². The van der Waals surface area contributed by atoms with Crippen molar-refractivity contribution < 1.29 is 28.4 Å². The second-order valence-corrected chi connectivity index (χ2v) is 6.42. The van der Waals surface area contributed by atoms with Crippen molar-refractivity contribution in [1.82, 2.24) is 0 Å². The molecule has 0 aliphatic rings. The number of thioether (sulfide) groups is 1. The highest BCUT2D eigenvalue weighted by atomic mass is 32.2. The van der Waals surface area contributed by atoms with E-state index in [9.17, 15) is 0 Å². The Balaban J connectivity index is 3.01. The number of rotatable bonds is 24. The number of nitrogens with zero attached hydrogens (tertiary/aromatic N) is 6. The minimum atomic E-state index is 0.341. The van der Waals surface area contributed by atoms with E-state index in [1.54, 1.807) is 11.8 Å². The van der Waals surface area contributed by atoms with Gasteiger partial charge in [-0.1, -0.05) is 10.2 Å². The molecule has 0 aliphatic carbocycles. The Morgan fingerprint density at radius 2 is 0.793 bits per heavy atom. The summed E-state index contributed by atoms with van der Waals surface area (Å²) in [5.74, 6) is 1.82. The molecule has 0 radical (unpaired) electrons. The molecule has 13 heteroatoms. The largest absolute Gasteiger partial charge is 0.379 e. The van der Waals surface area contributed by atoms with Gasteiger partial charge in [-0.05, 0) is 11.1 Å². The predicted molar refractivity (Wildman–Crippen MR) is 110 cm³/mol. The average molecular weight is 437 g/mol. The third kappa shape index (κ3) is 26.7. The molecule has 0 heterocycles. The van der Waals surface area contributed by atoms with Crippen molar-refractivity contribution in [3.8, 4) is 0 Å². The molecule has 0 spiro atoms. The molecular weight excluding hydrogens is 404 g/mol. The first-order chi connectivity index (χ1) is 14.4. The molecule has 0 N–H and O–H groups in total. The molecule has 0 amide bonds. The molecule has 0 aromatic rings. The maximum Gasteiger partial charge on any atom is 0.0701 e. The molecular formula is C16H32N6O6S. The van der Waals surface area contributed by atoms with Crippen LogP contribution in [0.3, 0.4) is 0 Å². The molecule has 0 rings (SSSR count). The lowest BCUT2D eigenvalue weighted by atomic mass is 10.7. The fourth-order valence-corrected chi connectivity index (χ4v) is 2.40. The smallest absolute Gasteiger partial charge is 0.0701 e. The molecule has 29 heavy (non-hydrogen) atoms. The highest BCUT2D eigenvalue weighted by Gasteiger charge is 1.95. The molecule has 0 unspecified atom stereocenters. The van der Waals surface area contributed by atoms with Gasteiger partial charge in [0.15, 0.2) is 0 Å². The summed E-state index contributed by atoms with van der Waals surface area (Å²) < 4.78 is 32.1. The van der Waals surface area contributed by atoms with Crippen LogP contribution in [0.5, 0.6) is 0 Å². The van der Waals surface area contributed by atoms with Gasteiger partial charge < -0.3 is 28.4 Å². The Bertz CT molecular complexity index is 400. The van der Waals surface area contributed by atoms with Crippen LogP contribution in [0, 0.1) is 0 Å². The molecule has 0 saturated carbocycles. The number of hydrogen-bond donors (Lipinski definition) is 0. The van der Waals surface area contributed by atoms with Crippen molar-refractivity contribution >= 4 is 11.8 Å². The lowest BCUT2D eigenvalue weighted by Crippen LogP contribution is -2.12. The summed E-state index contributed by atoms with van der Waals surface area (Å²) in [6, 6.07) is 0. The summed E-state index contributed by atoms with van der Waals surface area (Å²) in [6.07, 6.45) is 0. The van der Waals surface area contributed by atoms with E-state index in [0.29, 0.717) is 92.4 Å². The van der Waals surface area contributed by atoms with Gasteiger partial charge in [0, 0.05) is 34.4 Å². The van der Waals surface area contributed by atoms with E-state index in [1.807, 2.05) is 0 Å². The zero-order chi connectivity index (χ0) is 21.1. The fraction of sp³-hybridized carbons (Fsp3) is 1.00. The first-order valence-electron chi connectivity index (χ1n) is 9.47. The van der Waals surface area contributed by atoms with Gasteiger partial charge in [0.1, 0.15) is 0 Å². The molecule has 0 atom stereocenters. The van der Waals surface area contributed by atoms with Crippen molar-refractivity contribution in [2.45, 2.75) is 0 Å². The van der Waals surface area contributed by atoms with E-state index in [0.717, 1.165) is 11.5 Å². The SMILES string of the molecule is [N-]=[N+]=NCCOCCOCCOCCSCCOCCOCCOCCN=[N+]=[N-]. The van der Waals surface area contributed by atoms with Crippen LogP contribution in [0.2, 0.25) is 0 Å². The Morgan fingerprint density at radius 1 is 0.483 bits per heavy atom. The average Bonchev–Trinajstić information content (AvgIpc) is 2.74. The van der Waals surface area contributed by atoms with E-state index in [-0.39, 0.29) is 0 Å². The number of azide groups is 2. The topological polar surface area (TPSA) is 153 Å². The van der Waals surface area contributed by atoms with Crippen molar-refractivity contribution in [1.29, 1.82) is 0 Å². The predicted octanol–water partition coefficient (Wildman–Crippen LogP) is 2.44. The Morgan fingerprint density at radius 3 is 1.14 bits per heavy atom. The summed E-state index contributed by atoms with van der Waals surface area (Å²) in [7, 11) is 0. The number of hydrogen-bond acceptors (Lipinski definition) is 9. The lowest BCUT2D eigenvalue weighted by Gasteiger charge is -2.07. The van der Waals surface area contributed by atoms with Gasteiger partial charge in [-0.2, -0.15) is 11.8 Å². The van der Waals surface area contributed by atoms with Crippen molar-refractivity contribution in [2.75, 3.05) is 104 Å². The van der Waals surface area contributed by atoms with Crippen molar-refractivity contribution in [3.63, 3.8) is 0 Å². The third-order valence-electron chi connectivity index (χ3n) is 3.03. The van der Waals surface area contributed by atoms with Crippen LogP contribution in [0.1, 0.15) is 0 Å². The molecule has 0 fully saturated rings.